The molecule has 0 aliphatic rings. The van der Waals surface area contributed by atoms with Crippen LogP contribution in [0.5, 0.6) is 0 Å². The van der Waals surface area contributed by atoms with Gasteiger partial charge in [-0.2, -0.15) is 0 Å². The Balaban J connectivity index is 2.23. The number of nitrogens with one attached hydrogen (secondary N) is 1. The Morgan fingerprint density at radius 2 is 2.10 bits per heavy atom. The molecule has 1 N–H and O–H groups in total. The number of benzene rings is 1. The molecule has 0 radical (unpaired) electrons. The van der Waals surface area contributed by atoms with Crippen LogP contribution in [0.15, 0.2) is 29.6 Å². The van der Waals surface area contributed by atoms with Crippen molar-refractivity contribution in [1.82, 2.24) is 9.97 Å². The molecule has 0 aliphatic carbocycles. The molecule has 0 saturated carbocycles. The predicted molar refractivity (Wildman–Crippen MR) is 81.7 cm³/mol. The monoisotopic (exact) mass is 287 g/mol. The Morgan fingerprint density at radius 1 is 1.25 bits per heavy atom. The number of fused-ring (bicyclic) bond motifs is 1. The standard InChI is InChI=1S/C15H14FN3S/c1-3-17-13-11-6-7-20-15(11)19-14(18-13)12-8-10(16)5-4-9(12)2/h4-8H,3H2,1-2H3,(H,17,18,19). The first-order chi connectivity index (χ1) is 9.69. The third kappa shape index (κ3) is 2.25. The number of rotatable bonds is 3. The lowest BCUT2D eigenvalue weighted by molar-refractivity contribution is 0.628. The van der Waals surface area contributed by atoms with Gasteiger partial charge in [0.1, 0.15) is 16.5 Å². The van der Waals surface area contributed by atoms with E-state index in [2.05, 4.69) is 15.3 Å². The second kappa shape index (κ2) is 5.17. The van der Waals surface area contributed by atoms with Gasteiger partial charge in [-0.3, -0.25) is 0 Å². The van der Waals surface area contributed by atoms with Gasteiger partial charge in [-0.15, -0.1) is 11.3 Å². The van der Waals surface area contributed by atoms with Gasteiger partial charge in [0.25, 0.3) is 0 Å². The number of aryl methyl sites for hydroxylation is 1. The molecule has 0 aliphatic heterocycles. The van der Waals surface area contributed by atoms with Crippen molar-refractivity contribution in [3.63, 3.8) is 0 Å². The highest BCUT2D eigenvalue weighted by Gasteiger charge is 2.12. The molecule has 3 aromatic rings. The molecule has 0 spiro atoms. The van der Waals surface area contributed by atoms with Crippen molar-refractivity contribution in [3.05, 3.63) is 41.0 Å². The third-order valence-corrected chi connectivity index (χ3v) is 3.92. The van der Waals surface area contributed by atoms with Crippen LogP contribution in [0.2, 0.25) is 0 Å². The Hall–Kier alpha value is -2.01. The van der Waals surface area contributed by atoms with Gasteiger partial charge in [-0.05, 0) is 43.0 Å². The maximum atomic E-state index is 13.5. The molecule has 2 aromatic heterocycles. The van der Waals surface area contributed by atoms with Crippen molar-refractivity contribution < 1.29 is 4.39 Å². The highest BCUT2D eigenvalue weighted by atomic mass is 32.1. The molecule has 3 rings (SSSR count). The quantitative estimate of drug-likeness (QED) is 0.783. The van der Waals surface area contributed by atoms with Gasteiger partial charge in [0.05, 0.1) is 5.39 Å². The Morgan fingerprint density at radius 3 is 2.90 bits per heavy atom. The lowest BCUT2D eigenvalue weighted by Gasteiger charge is -2.09. The Bertz CT molecular complexity index is 767. The van der Waals surface area contributed by atoms with E-state index in [-0.39, 0.29) is 5.82 Å². The second-order valence-corrected chi connectivity index (χ2v) is 5.42. The zero-order valence-corrected chi connectivity index (χ0v) is 12.1. The Kier molecular flexibility index (Phi) is 3.36. The van der Waals surface area contributed by atoms with E-state index < -0.39 is 0 Å². The summed E-state index contributed by atoms with van der Waals surface area (Å²) in [4.78, 5) is 10.0. The number of hydrogen-bond acceptors (Lipinski definition) is 4. The normalized spacial score (nSPS) is 10.9. The van der Waals surface area contributed by atoms with Crippen LogP contribution in [0.1, 0.15) is 12.5 Å². The second-order valence-electron chi connectivity index (χ2n) is 4.52. The molecule has 5 heteroatoms. The van der Waals surface area contributed by atoms with Crippen LogP contribution >= 0.6 is 11.3 Å². The van der Waals surface area contributed by atoms with E-state index in [1.807, 2.05) is 25.3 Å². The summed E-state index contributed by atoms with van der Waals surface area (Å²) < 4.78 is 13.5. The molecule has 3 nitrogen and oxygen atoms in total. The van der Waals surface area contributed by atoms with Crippen LogP contribution < -0.4 is 5.32 Å². The van der Waals surface area contributed by atoms with Gasteiger partial charge in [-0.1, -0.05) is 6.07 Å². The van der Waals surface area contributed by atoms with E-state index in [9.17, 15) is 4.39 Å². The van der Waals surface area contributed by atoms with Gasteiger partial charge in [-0.25, -0.2) is 14.4 Å². The fraction of sp³-hybridized carbons (Fsp3) is 0.200. The lowest BCUT2D eigenvalue weighted by atomic mass is 10.1. The van der Waals surface area contributed by atoms with Crippen molar-refractivity contribution >= 4 is 27.4 Å². The van der Waals surface area contributed by atoms with Crippen LogP contribution in [0.25, 0.3) is 21.6 Å². The molecule has 2 heterocycles. The summed E-state index contributed by atoms with van der Waals surface area (Å²) in [5.41, 5.74) is 1.70. The topological polar surface area (TPSA) is 37.8 Å². The molecule has 102 valence electrons. The highest BCUT2D eigenvalue weighted by molar-refractivity contribution is 7.16. The number of aromatic nitrogens is 2. The number of anilines is 1. The van der Waals surface area contributed by atoms with E-state index in [4.69, 9.17) is 0 Å². The van der Waals surface area contributed by atoms with Gasteiger partial charge in [0, 0.05) is 12.1 Å². The summed E-state index contributed by atoms with van der Waals surface area (Å²) in [5.74, 6) is 1.09. The largest absolute Gasteiger partial charge is 0.370 e. The zero-order valence-electron chi connectivity index (χ0n) is 11.3. The molecule has 20 heavy (non-hydrogen) atoms. The van der Waals surface area contributed by atoms with Crippen molar-refractivity contribution in [1.29, 1.82) is 0 Å². The van der Waals surface area contributed by atoms with Gasteiger partial charge < -0.3 is 5.32 Å². The molecule has 1 aromatic carbocycles. The third-order valence-electron chi connectivity index (χ3n) is 3.11. The van der Waals surface area contributed by atoms with Crippen LogP contribution in [0.3, 0.4) is 0 Å². The van der Waals surface area contributed by atoms with E-state index in [1.165, 1.54) is 12.1 Å². The minimum atomic E-state index is -0.273. The molecule has 0 fully saturated rings. The summed E-state index contributed by atoms with van der Waals surface area (Å²) >= 11 is 1.56. The summed E-state index contributed by atoms with van der Waals surface area (Å²) in [6, 6.07) is 6.69. The average Bonchev–Trinajstić information content (AvgIpc) is 2.90. The number of hydrogen-bond donors (Lipinski definition) is 1. The van der Waals surface area contributed by atoms with Crippen LogP contribution in [0.4, 0.5) is 10.2 Å². The minimum Gasteiger partial charge on any atom is -0.370 e. The predicted octanol–water partition coefficient (Wildman–Crippen LogP) is 4.24. The summed E-state index contributed by atoms with van der Waals surface area (Å²) in [6.07, 6.45) is 0. The Labute approximate surface area is 120 Å². The van der Waals surface area contributed by atoms with Gasteiger partial charge in [0.2, 0.25) is 0 Å². The fourth-order valence-corrected chi connectivity index (χ4v) is 2.88. The molecule has 0 saturated heterocycles. The first kappa shape index (κ1) is 13.0. The van der Waals surface area contributed by atoms with Crippen molar-refractivity contribution in [3.8, 4) is 11.4 Å². The minimum absolute atomic E-state index is 0.273. The average molecular weight is 287 g/mol. The van der Waals surface area contributed by atoms with Crippen molar-refractivity contribution in [2.75, 3.05) is 11.9 Å². The molecule has 0 bridgehead atoms. The first-order valence-corrected chi connectivity index (χ1v) is 7.32. The number of thiophene rings is 1. The lowest BCUT2D eigenvalue weighted by Crippen LogP contribution is -2.02. The SMILES string of the molecule is CCNc1nc(-c2cc(F)ccc2C)nc2sccc12. The van der Waals surface area contributed by atoms with Crippen molar-refractivity contribution in [2.45, 2.75) is 13.8 Å². The fourth-order valence-electron chi connectivity index (χ4n) is 2.11. The van der Waals surface area contributed by atoms with Gasteiger partial charge >= 0.3 is 0 Å². The maximum absolute atomic E-state index is 13.5. The number of nitrogens with zero attached hydrogens (tertiary/aromatic N) is 2. The van der Waals surface area contributed by atoms with Crippen LogP contribution in [-0.4, -0.2) is 16.5 Å². The van der Waals surface area contributed by atoms with E-state index in [0.717, 1.165) is 33.7 Å². The smallest absolute Gasteiger partial charge is 0.163 e. The molecule has 0 unspecified atom stereocenters. The molecule has 0 atom stereocenters. The van der Waals surface area contributed by atoms with E-state index in [1.54, 1.807) is 17.4 Å². The number of halogens is 1. The summed E-state index contributed by atoms with van der Waals surface area (Å²) in [7, 11) is 0. The zero-order chi connectivity index (χ0) is 14.1. The summed E-state index contributed by atoms with van der Waals surface area (Å²) in [5, 5.41) is 6.24. The van der Waals surface area contributed by atoms with E-state index in [0.29, 0.717) is 5.82 Å². The summed E-state index contributed by atoms with van der Waals surface area (Å²) in [6.45, 7) is 4.74. The first-order valence-electron chi connectivity index (χ1n) is 6.44. The van der Waals surface area contributed by atoms with Crippen LogP contribution in [-0.2, 0) is 0 Å². The van der Waals surface area contributed by atoms with E-state index >= 15 is 0 Å². The van der Waals surface area contributed by atoms with Gasteiger partial charge in [0.15, 0.2) is 5.82 Å². The molecular weight excluding hydrogens is 273 g/mol. The molecule has 0 amide bonds. The van der Waals surface area contributed by atoms with Crippen LogP contribution in [0, 0.1) is 12.7 Å². The highest BCUT2D eigenvalue weighted by Crippen LogP contribution is 2.29. The maximum Gasteiger partial charge on any atom is 0.163 e. The molecular formula is C15H14FN3S. The van der Waals surface area contributed by atoms with Crippen molar-refractivity contribution in [2.24, 2.45) is 0 Å².